The highest BCUT2D eigenvalue weighted by molar-refractivity contribution is 5.84. The van der Waals surface area contributed by atoms with Gasteiger partial charge in [-0.3, -0.25) is 4.79 Å². The second-order valence-electron chi connectivity index (χ2n) is 5.78. The highest BCUT2D eigenvalue weighted by Crippen LogP contribution is 2.02. The molecular formula is C15H22FN3O2. The maximum Gasteiger partial charge on any atom is 0.315 e. The molecule has 3 amide bonds. The van der Waals surface area contributed by atoms with Crippen molar-refractivity contribution < 1.29 is 14.0 Å². The molecule has 0 aromatic heterocycles. The first-order valence-electron chi connectivity index (χ1n) is 6.83. The molecule has 0 aliphatic rings. The Labute approximate surface area is 124 Å². The molecule has 5 nitrogen and oxygen atoms in total. The Morgan fingerprint density at radius 1 is 1.10 bits per heavy atom. The van der Waals surface area contributed by atoms with Crippen LogP contribution in [-0.4, -0.2) is 30.6 Å². The second-order valence-corrected chi connectivity index (χ2v) is 5.78. The van der Waals surface area contributed by atoms with Crippen LogP contribution in [0.3, 0.4) is 0 Å². The molecule has 1 aromatic rings. The van der Waals surface area contributed by atoms with Crippen LogP contribution in [0.5, 0.6) is 0 Å². The summed E-state index contributed by atoms with van der Waals surface area (Å²) in [5, 5.41) is 7.86. The van der Waals surface area contributed by atoms with Crippen molar-refractivity contribution in [2.45, 2.75) is 32.7 Å². The molecule has 0 aliphatic carbocycles. The van der Waals surface area contributed by atoms with E-state index in [1.807, 2.05) is 20.8 Å². The standard InChI is InChI=1S/C15H22FN3O2/c1-15(2,3)19-13(20)10-18-14(21)17-9-8-11-4-6-12(16)7-5-11/h4-7H,8-10H2,1-3H3,(H,19,20)(H2,17,18,21). The van der Waals surface area contributed by atoms with Crippen LogP contribution < -0.4 is 16.0 Å². The van der Waals surface area contributed by atoms with Crippen molar-refractivity contribution in [1.29, 1.82) is 0 Å². The van der Waals surface area contributed by atoms with Crippen molar-refractivity contribution in [3.8, 4) is 0 Å². The van der Waals surface area contributed by atoms with Gasteiger partial charge in [-0.2, -0.15) is 0 Å². The van der Waals surface area contributed by atoms with Gasteiger partial charge >= 0.3 is 6.03 Å². The summed E-state index contributed by atoms with van der Waals surface area (Å²) >= 11 is 0. The van der Waals surface area contributed by atoms with Crippen LogP contribution in [0.15, 0.2) is 24.3 Å². The molecule has 6 heteroatoms. The summed E-state index contributed by atoms with van der Waals surface area (Å²) in [4.78, 5) is 23.0. The molecule has 116 valence electrons. The molecule has 0 atom stereocenters. The average Bonchev–Trinajstić information content (AvgIpc) is 2.37. The van der Waals surface area contributed by atoms with Gasteiger partial charge in [0, 0.05) is 12.1 Å². The number of halogens is 1. The molecule has 0 unspecified atom stereocenters. The van der Waals surface area contributed by atoms with Gasteiger partial charge in [0.2, 0.25) is 5.91 Å². The number of hydrogen-bond acceptors (Lipinski definition) is 2. The van der Waals surface area contributed by atoms with Crippen molar-refractivity contribution in [2.24, 2.45) is 0 Å². The van der Waals surface area contributed by atoms with Gasteiger partial charge in [0.05, 0.1) is 6.54 Å². The normalized spacial score (nSPS) is 10.9. The quantitative estimate of drug-likeness (QED) is 0.772. The summed E-state index contributed by atoms with van der Waals surface area (Å²) in [5.41, 5.74) is 0.611. The van der Waals surface area contributed by atoms with E-state index in [0.717, 1.165) is 5.56 Å². The van der Waals surface area contributed by atoms with Crippen molar-refractivity contribution in [3.05, 3.63) is 35.6 Å². The Hall–Kier alpha value is -2.11. The zero-order valence-electron chi connectivity index (χ0n) is 12.6. The number of benzene rings is 1. The van der Waals surface area contributed by atoms with E-state index in [0.29, 0.717) is 13.0 Å². The minimum atomic E-state index is -0.402. The molecule has 0 heterocycles. The van der Waals surface area contributed by atoms with E-state index in [4.69, 9.17) is 0 Å². The van der Waals surface area contributed by atoms with Gasteiger partial charge < -0.3 is 16.0 Å². The van der Waals surface area contributed by atoms with Gasteiger partial charge in [0.15, 0.2) is 0 Å². The van der Waals surface area contributed by atoms with Gasteiger partial charge in [-0.05, 0) is 44.9 Å². The summed E-state index contributed by atoms with van der Waals surface area (Å²) in [6.45, 7) is 5.95. The first kappa shape index (κ1) is 16.9. The first-order chi connectivity index (χ1) is 9.76. The van der Waals surface area contributed by atoms with Gasteiger partial charge in [-0.25, -0.2) is 9.18 Å². The minimum Gasteiger partial charge on any atom is -0.350 e. The smallest absolute Gasteiger partial charge is 0.315 e. The summed E-state index contributed by atoms with van der Waals surface area (Å²) in [7, 11) is 0. The molecule has 1 aromatic carbocycles. The van der Waals surface area contributed by atoms with Crippen LogP contribution in [0.25, 0.3) is 0 Å². The predicted octanol–water partition coefficient (Wildman–Crippen LogP) is 1.58. The number of urea groups is 1. The molecule has 0 bridgehead atoms. The van der Waals surface area contributed by atoms with E-state index in [9.17, 15) is 14.0 Å². The molecule has 0 radical (unpaired) electrons. The summed E-state index contributed by atoms with van der Waals surface area (Å²) in [6.07, 6.45) is 0.599. The number of nitrogens with one attached hydrogen (secondary N) is 3. The Bertz CT molecular complexity index is 481. The van der Waals surface area contributed by atoms with Crippen LogP contribution >= 0.6 is 0 Å². The van der Waals surface area contributed by atoms with Gasteiger partial charge in [-0.1, -0.05) is 12.1 Å². The number of carbonyl (C=O) groups is 2. The highest BCUT2D eigenvalue weighted by Gasteiger charge is 2.13. The summed E-state index contributed by atoms with van der Waals surface area (Å²) < 4.78 is 12.7. The van der Waals surface area contributed by atoms with Crippen LogP contribution in [0.1, 0.15) is 26.3 Å². The third-order valence-electron chi connectivity index (χ3n) is 2.54. The lowest BCUT2D eigenvalue weighted by molar-refractivity contribution is -0.121. The third kappa shape index (κ3) is 7.91. The summed E-state index contributed by atoms with van der Waals surface area (Å²) in [6, 6.07) is 5.71. The Morgan fingerprint density at radius 3 is 2.29 bits per heavy atom. The Morgan fingerprint density at radius 2 is 1.71 bits per heavy atom. The fourth-order valence-electron chi connectivity index (χ4n) is 1.66. The van der Waals surface area contributed by atoms with Crippen LogP contribution in [0, 0.1) is 5.82 Å². The van der Waals surface area contributed by atoms with E-state index in [-0.39, 0.29) is 23.8 Å². The molecule has 21 heavy (non-hydrogen) atoms. The fraction of sp³-hybridized carbons (Fsp3) is 0.467. The first-order valence-corrected chi connectivity index (χ1v) is 6.83. The largest absolute Gasteiger partial charge is 0.350 e. The van der Waals surface area contributed by atoms with E-state index in [1.165, 1.54) is 12.1 Å². The number of hydrogen-bond donors (Lipinski definition) is 3. The summed E-state index contributed by atoms with van der Waals surface area (Å²) in [5.74, 6) is -0.523. The zero-order chi connectivity index (χ0) is 15.9. The molecule has 0 saturated carbocycles. The van der Waals surface area contributed by atoms with Gasteiger partial charge in [0.25, 0.3) is 0 Å². The molecule has 0 aliphatic heterocycles. The number of amides is 3. The molecule has 1 rings (SSSR count). The molecular weight excluding hydrogens is 273 g/mol. The number of carbonyl (C=O) groups excluding carboxylic acids is 2. The maximum atomic E-state index is 12.7. The molecule has 0 spiro atoms. The van der Waals surface area contributed by atoms with E-state index < -0.39 is 6.03 Å². The maximum absolute atomic E-state index is 12.7. The predicted molar refractivity (Wildman–Crippen MR) is 79.4 cm³/mol. The Balaban J connectivity index is 2.19. The topological polar surface area (TPSA) is 70.2 Å². The van der Waals surface area contributed by atoms with E-state index in [2.05, 4.69) is 16.0 Å². The van der Waals surface area contributed by atoms with Gasteiger partial charge in [0.1, 0.15) is 5.82 Å². The lowest BCUT2D eigenvalue weighted by atomic mass is 10.1. The van der Waals surface area contributed by atoms with E-state index in [1.54, 1.807) is 12.1 Å². The van der Waals surface area contributed by atoms with Gasteiger partial charge in [-0.15, -0.1) is 0 Å². The van der Waals surface area contributed by atoms with E-state index >= 15 is 0 Å². The molecule has 0 saturated heterocycles. The average molecular weight is 295 g/mol. The van der Waals surface area contributed by atoms with Crippen molar-refractivity contribution in [1.82, 2.24) is 16.0 Å². The molecule has 3 N–H and O–H groups in total. The third-order valence-corrected chi connectivity index (χ3v) is 2.54. The lowest BCUT2D eigenvalue weighted by Gasteiger charge is -2.20. The minimum absolute atomic E-state index is 0.0698. The fourth-order valence-corrected chi connectivity index (χ4v) is 1.66. The van der Waals surface area contributed by atoms with Crippen LogP contribution in [0.4, 0.5) is 9.18 Å². The Kier molecular flexibility index (Phi) is 6.14. The van der Waals surface area contributed by atoms with Crippen molar-refractivity contribution in [2.75, 3.05) is 13.1 Å². The van der Waals surface area contributed by atoms with Crippen molar-refractivity contribution >= 4 is 11.9 Å². The lowest BCUT2D eigenvalue weighted by Crippen LogP contribution is -2.47. The molecule has 0 fully saturated rings. The zero-order valence-corrected chi connectivity index (χ0v) is 12.6. The second kappa shape index (κ2) is 7.61. The van der Waals surface area contributed by atoms with Crippen LogP contribution in [-0.2, 0) is 11.2 Å². The number of rotatable bonds is 5. The highest BCUT2D eigenvalue weighted by atomic mass is 19.1. The monoisotopic (exact) mass is 295 g/mol. The SMILES string of the molecule is CC(C)(C)NC(=O)CNC(=O)NCCc1ccc(F)cc1. The van der Waals surface area contributed by atoms with Crippen LogP contribution in [0.2, 0.25) is 0 Å². The van der Waals surface area contributed by atoms with Crippen molar-refractivity contribution in [3.63, 3.8) is 0 Å².